The molecule has 0 saturated carbocycles. The summed E-state index contributed by atoms with van der Waals surface area (Å²) in [7, 11) is 0. The molecule has 4 aromatic rings. The van der Waals surface area contributed by atoms with Crippen LogP contribution >= 0.6 is 15.9 Å². The molecule has 0 saturated heterocycles. The summed E-state index contributed by atoms with van der Waals surface area (Å²) in [5.74, 6) is 0.933. The third-order valence-corrected chi connectivity index (χ3v) is 5.75. The summed E-state index contributed by atoms with van der Waals surface area (Å²) in [5, 5.41) is 7.73. The molecule has 0 aliphatic heterocycles. The first-order chi connectivity index (χ1) is 16.9. The summed E-state index contributed by atoms with van der Waals surface area (Å²) in [4.78, 5) is 29.8. The summed E-state index contributed by atoms with van der Waals surface area (Å²) in [5.41, 5.74) is 3.07. The van der Waals surface area contributed by atoms with E-state index in [0.29, 0.717) is 28.9 Å². The van der Waals surface area contributed by atoms with Gasteiger partial charge in [-0.05, 0) is 73.5 Å². The number of ether oxygens (including phenoxy) is 1. The van der Waals surface area contributed by atoms with E-state index in [0.717, 1.165) is 27.7 Å². The maximum atomic E-state index is 13.1. The number of hydrogen-bond donors (Lipinski definition) is 1. The zero-order valence-corrected chi connectivity index (χ0v) is 21.1. The van der Waals surface area contributed by atoms with E-state index in [1.165, 1.54) is 4.68 Å². The molecule has 0 aliphatic carbocycles. The van der Waals surface area contributed by atoms with E-state index in [1.807, 2.05) is 62.4 Å². The number of rotatable bonds is 8. The summed E-state index contributed by atoms with van der Waals surface area (Å²) in [6.07, 6.45) is 3.09. The average molecular weight is 533 g/mol. The second kappa shape index (κ2) is 11.1. The van der Waals surface area contributed by atoms with Gasteiger partial charge in [0.15, 0.2) is 6.61 Å². The lowest BCUT2D eigenvalue weighted by molar-refractivity contribution is -0.118. The van der Waals surface area contributed by atoms with Crippen LogP contribution in [0.3, 0.4) is 0 Å². The van der Waals surface area contributed by atoms with Crippen LogP contribution in [0.2, 0.25) is 0 Å². The summed E-state index contributed by atoms with van der Waals surface area (Å²) in [6.45, 7) is 3.92. The second-order valence-corrected chi connectivity index (χ2v) is 8.99. The minimum Gasteiger partial charge on any atom is -0.484 e. The SMILES string of the molecule is CCCc1nc2ccc(Br)cc2c(=O)n1N=Cc1ccc(OCC(=O)Nc2ccc(C)cc2)cc1. The number of aromatic nitrogens is 2. The van der Waals surface area contributed by atoms with Crippen molar-refractivity contribution in [2.75, 3.05) is 11.9 Å². The summed E-state index contributed by atoms with van der Waals surface area (Å²) < 4.78 is 7.76. The predicted molar refractivity (Wildman–Crippen MR) is 142 cm³/mol. The molecule has 3 aromatic carbocycles. The standard InChI is InChI=1S/C27H25BrN4O3/c1-3-4-25-31-24-14-9-20(28)15-23(24)27(34)32(25)29-16-19-7-12-22(13-8-19)35-17-26(33)30-21-10-5-18(2)6-11-21/h5-16H,3-4,17H2,1-2H3,(H,30,33). The van der Waals surface area contributed by atoms with Gasteiger partial charge in [0.25, 0.3) is 11.5 Å². The molecule has 35 heavy (non-hydrogen) atoms. The van der Waals surface area contributed by atoms with Crippen molar-refractivity contribution in [3.05, 3.63) is 98.5 Å². The van der Waals surface area contributed by atoms with Crippen LogP contribution in [0.1, 0.15) is 30.3 Å². The molecule has 4 rings (SSSR count). The van der Waals surface area contributed by atoms with Gasteiger partial charge in [-0.15, -0.1) is 0 Å². The third kappa shape index (κ3) is 6.22. The average Bonchev–Trinajstić information content (AvgIpc) is 2.85. The number of carbonyl (C=O) groups excluding carboxylic acids is 1. The van der Waals surface area contributed by atoms with Crippen molar-refractivity contribution in [2.24, 2.45) is 5.10 Å². The number of hydrogen-bond acceptors (Lipinski definition) is 5. The number of halogens is 1. The third-order valence-electron chi connectivity index (χ3n) is 5.26. The van der Waals surface area contributed by atoms with Gasteiger partial charge < -0.3 is 10.1 Å². The molecule has 1 N–H and O–H groups in total. The molecule has 0 fully saturated rings. The lowest BCUT2D eigenvalue weighted by Crippen LogP contribution is -2.22. The number of carbonyl (C=O) groups is 1. The zero-order valence-electron chi connectivity index (χ0n) is 19.5. The van der Waals surface area contributed by atoms with Crippen molar-refractivity contribution in [3.63, 3.8) is 0 Å². The first-order valence-corrected chi connectivity index (χ1v) is 12.1. The number of benzene rings is 3. The number of nitrogens with zero attached hydrogens (tertiary/aromatic N) is 3. The van der Waals surface area contributed by atoms with Gasteiger partial charge in [0, 0.05) is 16.6 Å². The monoisotopic (exact) mass is 532 g/mol. The lowest BCUT2D eigenvalue weighted by atomic mass is 10.2. The molecule has 1 amide bonds. The fourth-order valence-electron chi connectivity index (χ4n) is 3.46. The number of anilines is 1. The molecule has 1 aromatic heterocycles. The Labute approximate surface area is 211 Å². The van der Waals surface area contributed by atoms with Crippen molar-refractivity contribution in [1.29, 1.82) is 0 Å². The van der Waals surface area contributed by atoms with Gasteiger partial charge >= 0.3 is 0 Å². The van der Waals surface area contributed by atoms with Gasteiger partial charge in [-0.25, -0.2) is 4.98 Å². The summed E-state index contributed by atoms with van der Waals surface area (Å²) >= 11 is 3.41. The lowest BCUT2D eigenvalue weighted by Gasteiger charge is -2.09. The highest BCUT2D eigenvalue weighted by atomic mass is 79.9. The van der Waals surface area contributed by atoms with E-state index < -0.39 is 0 Å². The Balaban J connectivity index is 1.45. The van der Waals surface area contributed by atoms with E-state index in [1.54, 1.807) is 24.4 Å². The highest BCUT2D eigenvalue weighted by Gasteiger charge is 2.10. The Kier molecular flexibility index (Phi) is 7.72. The van der Waals surface area contributed by atoms with Gasteiger partial charge in [-0.2, -0.15) is 9.78 Å². The van der Waals surface area contributed by atoms with Gasteiger partial charge in [-0.1, -0.05) is 40.5 Å². The molecule has 0 bridgehead atoms. The number of fused-ring (bicyclic) bond motifs is 1. The van der Waals surface area contributed by atoms with Crippen molar-refractivity contribution < 1.29 is 9.53 Å². The molecular formula is C27H25BrN4O3. The van der Waals surface area contributed by atoms with Crippen molar-refractivity contribution in [1.82, 2.24) is 9.66 Å². The van der Waals surface area contributed by atoms with Crippen molar-refractivity contribution in [2.45, 2.75) is 26.7 Å². The fraction of sp³-hybridized carbons (Fsp3) is 0.185. The molecule has 0 aliphatic rings. The Hall–Kier alpha value is -3.78. The molecular weight excluding hydrogens is 508 g/mol. The predicted octanol–water partition coefficient (Wildman–Crippen LogP) is 5.32. The van der Waals surface area contributed by atoms with Gasteiger partial charge in [0.1, 0.15) is 11.6 Å². The Morgan fingerprint density at radius 2 is 1.86 bits per heavy atom. The minimum absolute atomic E-state index is 0.102. The first-order valence-electron chi connectivity index (χ1n) is 11.3. The maximum Gasteiger partial charge on any atom is 0.282 e. The van der Waals surface area contributed by atoms with Gasteiger partial charge in [0.05, 0.1) is 17.1 Å². The molecule has 8 heteroatoms. The molecule has 0 radical (unpaired) electrons. The smallest absolute Gasteiger partial charge is 0.282 e. The number of amides is 1. The van der Waals surface area contributed by atoms with Crippen LogP contribution in [0.5, 0.6) is 5.75 Å². The summed E-state index contributed by atoms with van der Waals surface area (Å²) in [6, 6.07) is 20.2. The first kappa shape index (κ1) is 24.3. The van der Waals surface area contributed by atoms with E-state index >= 15 is 0 Å². The highest BCUT2D eigenvalue weighted by molar-refractivity contribution is 9.10. The van der Waals surface area contributed by atoms with Crippen LogP contribution in [0, 0.1) is 6.92 Å². The molecule has 0 spiro atoms. The molecule has 7 nitrogen and oxygen atoms in total. The molecule has 0 atom stereocenters. The van der Waals surface area contributed by atoms with Crippen molar-refractivity contribution in [3.8, 4) is 5.75 Å². The normalized spacial score (nSPS) is 11.2. The molecule has 1 heterocycles. The zero-order chi connectivity index (χ0) is 24.8. The number of nitrogens with one attached hydrogen (secondary N) is 1. The minimum atomic E-state index is -0.238. The van der Waals surface area contributed by atoms with E-state index in [-0.39, 0.29) is 18.1 Å². The molecule has 0 unspecified atom stereocenters. The van der Waals surface area contributed by atoms with Crippen LogP contribution < -0.4 is 15.6 Å². The Bertz CT molecular complexity index is 1430. The van der Waals surface area contributed by atoms with Crippen LogP contribution in [-0.4, -0.2) is 28.4 Å². The van der Waals surface area contributed by atoms with Gasteiger partial charge in [-0.3, -0.25) is 9.59 Å². The fourth-order valence-corrected chi connectivity index (χ4v) is 3.82. The second-order valence-electron chi connectivity index (χ2n) is 8.07. The Morgan fingerprint density at radius 1 is 1.11 bits per heavy atom. The van der Waals surface area contributed by atoms with E-state index in [9.17, 15) is 9.59 Å². The largest absolute Gasteiger partial charge is 0.484 e. The quantitative estimate of drug-likeness (QED) is 0.311. The molecule has 178 valence electrons. The maximum absolute atomic E-state index is 13.1. The number of aryl methyl sites for hydroxylation is 2. The van der Waals surface area contributed by atoms with Crippen LogP contribution in [0.15, 0.2) is 81.1 Å². The highest BCUT2D eigenvalue weighted by Crippen LogP contribution is 2.17. The van der Waals surface area contributed by atoms with Crippen LogP contribution in [-0.2, 0) is 11.2 Å². The Morgan fingerprint density at radius 3 is 2.57 bits per heavy atom. The van der Waals surface area contributed by atoms with Crippen molar-refractivity contribution >= 4 is 44.6 Å². The topological polar surface area (TPSA) is 85.6 Å². The van der Waals surface area contributed by atoms with E-state index in [4.69, 9.17) is 4.74 Å². The van der Waals surface area contributed by atoms with Crippen LogP contribution in [0.4, 0.5) is 5.69 Å². The van der Waals surface area contributed by atoms with Gasteiger partial charge in [0.2, 0.25) is 0 Å². The van der Waals surface area contributed by atoms with Crippen LogP contribution in [0.25, 0.3) is 10.9 Å². The van der Waals surface area contributed by atoms with E-state index in [2.05, 4.69) is 31.3 Å².